The number of amides is 1. The summed E-state index contributed by atoms with van der Waals surface area (Å²) >= 11 is 0. The largest absolute Gasteiger partial charge is 0.465 e. The highest BCUT2D eigenvalue weighted by molar-refractivity contribution is 5.66. The van der Waals surface area contributed by atoms with Gasteiger partial charge in [-0.3, -0.25) is 0 Å². The zero-order chi connectivity index (χ0) is 11.9. The lowest BCUT2D eigenvalue weighted by Gasteiger charge is -2.37. The van der Waals surface area contributed by atoms with Crippen molar-refractivity contribution in [2.24, 2.45) is 17.3 Å². The van der Waals surface area contributed by atoms with Gasteiger partial charge in [-0.05, 0) is 36.5 Å². The molecule has 4 heteroatoms. The van der Waals surface area contributed by atoms with Gasteiger partial charge in [0, 0.05) is 6.54 Å². The summed E-state index contributed by atoms with van der Waals surface area (Å²) < 4.78 is 0. The van der Waals surface area contributed by atoms with Crippen LogP contribution in [0.2, 0.25) is 0 Å². The monoisotopic (exact) mass is 227 g/mol. The second-order valence-corrected chi connectivity index (χ2v) is 5.84. The van der Waals surface area contributed by atoms with Crippen LogP contribution < -0.4 is 0 Å². The van der Waals surface area contributed by atoms with Gasteiger partial charge >= 0.3 is 6.09 Å². The minimum Gasteiger partial charge on any atom is -0.465 e. The van der Waals surface area contributed by atoms with E-state index >= 15 is 0 Å². The molecule has 92 valence electrons. The van der Waals surface area contributed by atoms with Crippen LogP contribution in [0.1, 0.15) is 33.1 Å². The normalized spacial score (nSPS) is 37.4. The standard InChI is InChI=1S/C12H21NO3/c1-8(2)4-12-5-9(12)3-10(6-14)13(7-12)11(15)16/h8-10,14H,3-7H2,1-2H3,(H,15,16)/t9-,10+,12-/m1/s1. The van der Waals surface area contributed by atoms with Crippen LogP contribution in [0, 0.1) is 17.3 Å². The Morgan fingerprint density at radius 2 is 2.25 bits per heavy atom. The lowest BCUT2D eigenvalue weighted by atomic mass is 9.86. The van der Waals surface area contributed by atoms with Gasteiger partial charge in [0.1, 0.15) is 0 Å². The van der Waals surface area contributed by atoms with Crippen molar-refractivity contribution in [2.45, 2.75) is 39.2 Å². The van der Waals surface area contributed by atoms with Crippen LogP contribution in [0.15, 0.2) is 0 Å². The number of rotatable bonds is 3. The van der Waals surface area contributed by atoms with E-state index in [2.05, 4.69) is 13.8 Å². The number of carboxylic acid groups (broad SMARTS) is 1. The molecule has 1 heterocycles. The SMILES string of the molecule is CC(C)C[C@]12C[C@H]1C[C@@H](CO)N(C(=O)O)C2. The Kier molecular flexibility index (Phi) is 2.86. The van der Waals surface area contributed by atoms with Crippen LogP contribution in [0.25, 0.3) is 0 Å². The van der Waals surface area contributed by atoms with Crippen molar-refractivity contribution in [1.82, 2.24) is 4.90 Å². The van der Waals surface area contributed by atoms with E-state index in [1.807, 2.05) is 0 Å². The number of hydrogen-bond donors (Lipinski definition) is 2. The second kappa shape index (κ2) is 3.91. The second-order valence-electron chi connectivity index (χ2n) is 5.84. The molecule has 1 aliphatic heterocycles. The highest BCUT2D eigenvalue weighted by Gasteiger charge is 2.59. The molecule has 1 saturated heterocycles. The van der Waals surface area contributed by atoms with Crippen molar-refractivity contribution < 1.29 is 15.0 Å². The average molecular weight is 227 g/mol. The van der Waals surface area contributed by atoms with Crippen LogP contribution in [0.3, 0.4) is 0 Å². The summed E-state index contributed by atoms with van der Waals surface area (Å²) in [6.45, 7) is 4.96. The van der Waals surface area contributed by atoms with E-state index in [9.17, 15) is 9.90 Å². The first-order valence-electron chi connectivity index (χ1n) is 6.09. The Morgan fingerprint density at radius 3 is 2.75 bits per heavy atom. The van der Waals surface area contributed by atoms with Crippen molar-refractivity contribution in [3.8, 4) is 0 Å². The predicted octanol–water partition coefficient (Wildman–Crippen LogP) is 1.78. The third kappa shape index (κ3) is 1.90. The zero-order valence-electron chi connectivity index (χ0n) is 10.0. The van der Waals surface area contributed by atoms with Crippen molar-refractivity contribution in [1.29, 1.82) is 0 Å². The van der Waals surface area contributed by atoms with E-state index in [1.165, 1.54) is 4.90 Å². The van der Waals surface area contributed by atoms with Gasteiger partial charge in [-0.25, -0.2) is 4.79 Å². The summed E-state index contributed by atoms with van der Waals surface area (Å²) in [5, 5.41) is 18.3. The minimum atomic E-state index is -0.882. The predicted molar refractivity (Wildman–Crippen MR) is 60.2 cm³/mol. The highest BCUT2D eigenvalue weighted by atomic mass is 16.4. The van der Waals surface area contributed by atoms with Gasteiger partial charge in [-0.1, -0.05) is 13.8 Å². The molecule has 1 aliphatic carbocycles. The maximum atomic E-state index is 11.1. The topological polar surface area (TPSA) is 60.8 Å². The maximum absolute atomic E-state index is 11.1. The van der Waals surface area contributed by atoms with Crippen LogP contribution in [0.5, 0.6) is 0 Å². The molecule has 16 heavy (non-hydrogen) atoms. The molecule has 2 rings (SSSR count). The van der Waals surface area contributed by atoms with E-state index in [4.69, 9.17) is 5.11 Å². The summed E-state index contributed by atoms with van der Waals surface area (Å²) in [6, 6.07) is -0.176. The van der Waals surface area contributed by atoms with Crippen molar-refractivity contribution in [2.75, 3.05) is 13.2 Å². The lowest BCUT2D eigenvalue weighted by molar-refractivity contribution is 0.0508. The first kappa shape index (κ1) is 11.7. The first-order chi connectivity index (χ1) is 7.48. The summed E-state index contributed by atoms with van der Waals surface area (Å²) in [6.07, 6.45) is 2.22. The van der Waals surface area contributed by atoms with Gasteiger partial charge in [-0.15, -0.1) is 0 Å². The number of carbonyl (C=O) groups is 1. The first-order valence-corrected chi connectivity index (χ1v) is 6.09. The molecule has 2 aliphatic rings. The molecular formula is C12H21NO3. The molecule has 1 saturated carbocycles. The molecule has 3 atom stereocenters. The van der Waals surface area contributed by atoms with Gasteiger partial charge in [-0.2, -0.15) is 0 Å². The summed E-state index contributed by atoms with van der Waals surface area (Å²) in [5.74, 6) is 1.26. The number of aliphatic hydroxyl groups is 1. The van der Waals surface area contributed by atoms with Gasteiger partial charge in [0.15, 0.2) is 0 Å². The molecule has 4 nitrogen and oxygen atoms in total. The molecule has 2 N–H and O–H groups in total. The van der Waals surface area contributed by atoms with Crippen LogP contribution in [0.4, 0.5) is 4.79 Å². The molecular weight excluding hydrogens is 206 g/mol. The molecule has 0 radical (unpaired) electrons. The van der Waals surface area contributed by atoms with Crippen molar-refractivity contribution in [3.05, 3.63) is 0 Å². The molecule has 0 aromatic rings. The van der Waals surface area contributed by atoms with Crippen LogP contribution in [-0.2, 0) is 0 Å². The minimum absolute atomic E-state index is 0.0411. The van der Waals surface area contributed by atoms with Gasteiger partial charge < -0.3 is 15.1 Å². The fraction of sp³-hybridized carbons (Fsp3) is 0.917. The van der Waals surface area contributed by atoms with E-state index in [1.54, 1.807) is 0 Å². The van der Waals surface area contributed by atoms with Crippen LogP contribution >= 0.6 is 0 Å². The number of likely N-dealkylation sites (tertiary alicyclic amines) is 1. The van der Waals surface area contributed by atoms with E-state index in [-0.39, 0.29) is 18.1 Å². The molecule has 0 spiro atoms. The van der Waals surface area contributed by atoms with E-state index in [0.717, 1.165) is 19.3 Å². The van der Waals surface area contributed by atoms with E-state index < -0.39 is 6.09 Å². The maximum Gasteiger partial charge on any atom is 0.407 e. The van der Waals surface area contributed by atoms with Crippen molar-refractivity contribution in [3.63, 3.8) is 0 Å². The summed E-state index contributed by atoms with van der Waals surface area (Å²) in [7, 11) is 0. The molecule has 1 amide bonds. The Hall–Kier alpha value is -0.770. The number of nitrogens with zero attached hydrogens (tertiary/aromatic N) is 1. The number of hydrogen-bond acceptors (Lipinski definition) is 2. The Labute approximate surface area is 96.3 Å². The molecule has 0 aromatic carbocycles. The van der Waals surface area contributed by atoms with E-state index in [0.29, 0.717) is 18.4 Å². The highest BCUT2D eigenvalue weighted by Crippen LogP contribution is 2.61. The summed E-state index contributed by atoms with van der Waals surface area (Å²) in [4.78, 5) is 12.6. The third-order valence-electron chi connectivity index (χ3n) is 4.11. The van der Waals surface area contributed by atoms with Crippen molar-refractivity contribution >= 4 is 6.09 Å². The van der Waals surface area contributed by atoms with Gasteiger partial charge in [0.2, 0.25) is 0 Å². The Balaban J connectivity index is 2.06. The lowest BCUT2D eigenvalue weighted by Crippen LogP contribution is -2.49. The smallest absolute Gasteiger partial charge is 0.407 e. The average Bonchev–Trinajstić information content (AvgIpc) is 2.87. The number of fused-ring (bicyclic) bond motifs is 1. The Bertz CT molecular complexity index is 292. The number of aliphatic hydroxyl groups excluding tert-OH is 1. The summed E-state index contributed by atoms with van der Waals surface area (Å²) in [5.41, 5.74) is 0.234. The molecule has 2 fully saturated rings. The van der Waals surface area contributed by atoms with Crippen LogP contribution in [-0.4, -0.2) is 40.4 Å². The fourth-order valence-corrected chi connectivity index (χ4v) is 3.41. The number of piperidine rings is 1. The molecule has 0 bridgehead atoms. The van der Waals surface area contributed by atoms with Gasteiger partial charge in [0.25, 0.3) is 0 Å². The molecule has 0 unspecified atom stereocenters. The third-order valence-corrected chi connectivity index (χ3v) is 4.11. The molecule has 0 aromatic heterocycles. The Morgan fingerprint density at radius 1 is 1.56 bits per heavy atom. The quantitative estimate of drug-likeness (QED) is 0.772. The van der Waals surface area contributed by atoms with Gasteiger partial charge in [0.05, 0.1) is 12.6 Å². The zero-order valence-corrected chi connectivity index (χ0v) is 10.0. The fourth-order valence-electron chi connectivity index (χ4n) is 3.41.